The first-order chi connectivity index (χ1) is 4.88. The van der Waals surface area contributed by atoms with E-state index < -0.39 is 0 Å². The van der Waals surface area contributed by atoms with E-state index in [4.69, 9.17) is 9.84 Å². The second-order valence-corrected chi connectivity index (χ2v) is 1.74. The Morgan fingerprint density at radius 3 is 3.10 bits per heavy atom. The highest BCUT2D eigenvalue weighted by molar-refractivity contribution is 5.25. The lowest BCUT2D eigenvalue weighted by Gasteiger charge is -2.01. The Hall–Kier alpha value is -1.09. The lowest BCUT2D eigenvalue weighted by Crippen LogP contribution is -1.93. The molecule has 0 saturated heterocycles. The fraction of sp³-hybridized carbons (Fsp3) is 0.286. The fourth-order valence-corrected chi connectivity index (χ4v) is 0.671. The van der Waals surface area contributed by atoms with E-state index >= 15 is 0 Å². The van der Waals surface area contributed by atoms with Crippen molar-refractivity contribution in [1.82, 2.24) is 4.98 Å². The summed E-state index contributed by atoms with van der Waals surface area (Å²) in [6.07, 6.45) is 1.49. The summed E-state index contributed by atoms with van der Waals surface area (Å²) < 4.78 is 4.88. The van der Waals surface area contributed by atoms with Gasteiger partial charge < -0.3 is 9.84 Å². The second kappa shape index (κ2) is 3.17. The molecule has 3 heteroatoms. The molecule has 53 valence electrons. The zero-order chi connectivity index (χ0) is 7.40. The summed E-state index contributed by atoms with van der Waals surface area (Å²) in [4.78, 5) is 3.84. The normalized spacial score (nSPS) is 9.40. The van der Waals surface area contributed by atoms with Gasteiger partial charge in [-0.15, -0.1) is 0 Å². The Kier molecular flexibility index (Phi) is 2.23. The van der Waals surface area contributed by atoms with Crippen molar-refractivity contribution in [3.8, 4) is 5.75 Å². The van der Waals surface area contributed by atoms with E-state index in [1.54, 1.807) is 6.07 Å². The van der Waals surface area contributed by atoms with E-state index in [0.29, 0.717) is 11.4 Å². The Labute approximate surface area is 59.3 Å². The molecule has 0 aliphatic heterocycles. The Balaban J connectivity index is 2.96. The van der Waals surface area contributed by atoms with Crippen LogP contribution in [0.1, 0.15) is 5.69 Å². The van der Waals surface area contributed by atoms with Crippen LogP contribution < -0.4 is 4.74 Å². The van der Waals surface area contributed by atoms with Crippen LogP contribution in [0.5, 0.6) is 5.75 Å². The van der Waals surface area contributed by atoms with Crippen molar-refractivity contribution in [2.45, 2.75) is 6.61 Å². The van der Waals surface area contributed by atoms with Crippen molar-refractivity contribution < 1.29 is 9.84 Å². The van der Waals surface area contributed by atoms with Crippen molar-refractivity contribution in [2.24, 2.45) is 0 Å². The van der Waals surface area contributed by atoms with Gasteiger partial charge in [-0.25, -0.2) is 0 Å². The van der Waals surface area contributed by atoms with Crippen LogP contribution in [0.2, 0.25) is 0 Å². The lowest BCUT2D eigenvalue weighted by atomic mass is 10.3. The fourth-order valence-electron chi connectivity index (χ4n) is 0.671. The maximum atomic E-state index is 8.69. The third kappa shape index (κ3) is 1.25. The SMILES string of the molecule is COc1c[c]cnc1CO. The summed E-state index contributed by atoms with van der Waals surface area (Å²) in [5.41, 5.74) is 0.543. The first-order valence-electron chi connectivity index (χ1n) is 2.88. The highest BCUT2D eigenvalue weighted by Gasteiger charge is 1.98. The summed E-state index contributed by atoms with van der Waals surface area (Å²) in [5, 5.41) is 8.69. The third-order valence-electron chi connectivity index (χ3n) is 1.16. The van der Waals surface area contributed by atoms with Gasteiger partial charge in [-0.3, -0.25) is 4.98 Å². The number of hydrogen-bond acceptors (Lipinski definition) is 3. The molecule has 0 aliphatic carbocycles. The van der Waals surface area contributed by atoms with Crippen molar-refractivity contribution in [1.29, 1.82) is 0 Å². The molecule has 1 radical (unpaired) electrons. The number of ether oxygens (including phenoxy) is 1. The molecule has 1 heterocycles. The van der Waals surface area contributed by atoms with Gasteiger partial charge in [-0.2, -0.15) is 0 Å². The molecule has 10 heavy (non-hydrogen) atoms. The molecule has 1 aromatic heterocycles. The van der Waals surface area contributed by atoms with Crippen molar-refractivity contribution in [3.05, 3.63) is 24.0 Å². The maximum absolute atomic E-state index is 8.69. The molecule has 0 spiro atoms. The molecule has 0 unspecified atom stereocenters. The highest BCUT2D eigenvalue weighted by Crippen LogP contribution is 2.12. The summed E-state index contributed by atoms with van der Waals surface area (Å²) >= 11 is 0. The summed E-state index contributed by atoms with van der Waals surface area (Å²) in [5.74, 6) is 0.574. The number of methoxy groups -OCH3 is 1. The molecule has 0 aromatic carbocycles. The third-order valence-corrected chi connectivity index (χ3v) is 1.16. The van der Waals surface area contributed by atoms with Crippen molar-refractivity contribution in [3.63, 3.8) is 0 Å². The van der Waals surface area contributed by atoms with Gasteiger partial charge in [0.05, 0.1) is 13.7 Å². The topological polar surface area (TPSA) is 42.4 Å². The van der Waals surface area contributed by atoms with E-state index in [2.05, 4.69) is 11.1 Å². The molecule has 0 saturated carbocycles. The Morgan fingerprint density at radius 1 is 1.80 bits per heavy atom. The first kappa shape index (κ1) is 7.02. The van der Waals surface area contributed by atoms with Crippen LogP contribution in [0.25, 0.3) is 0 Å². The van der Waals surface area contributed by atoms with E-state index in [9.17, 15) is 0 Å². The van der Waals surface area contributed by atoms with Crippen LogP contribution in [0.4, 0.5) is 0 Å². The van der Waals surface area contributed by atoms with Gasteiger partial charge in [0.25, 0.3) is 0 Å². The molecular weight excluding hydrogens is 130 g/mol. The molecule has 1 N–H and O–H groups in total. The lowest BCUT2D eigenvalue weighted by molar-refractivity contribution is 0.268. The van der Waals surface area contributed by atoms with E-state index in [0.717, 1.165) is 0 Å². The summed E-state index contributed by atoms with van der Waals surface area (Å²) in [6, 6.07) is 4.38. The zero-order valence-electron chi connectivity index (χ0n) is 5.66. The zero-order valence-corrected chi connectivity index (χ0v) is 5.66. The highest BCUT2D eigenvalue weighted by atomic mass is 16.5. The molecule has 1 aromatic rings. The Morgan fingerprint density at radius 2 is 2.60 bits per heavy atom. The predicted molar refractivity (Wildman–Crippen MR) is 35.5 cm³/mol. The van der Waals surface area contributed by atoms with Gasteiger partial charge in [-0.05, 0) is 6.07 Å². The van der Waals surface area contributed by atoms with E-state index in [-0.39, 0.29) is 6.61 Å². The molecule has 0 bridgehead atoms. The number of aliphatic hydroxyl groups excluding tert-OH is 1. The minimum Gasteiger partial charge on any atom is -0.495 e. The largest absolute Gasteiger partial charge is 0.495 e. The number of aromatic nitrogens is 1. The second-order valence-electron chi connectivity index (χ2n) is 1.74. The minimum atomic E-state index is -0.0994. The standard InChI is InChI=1S/C7H8NO2/c1-10-7-3-2-4-8-6(7)5-9/h3-4,9H,5H2,1H3. The quantitative estimate of drug-likeness (QED) is 0.642. The van der Waals surface area contributed by atoms with Gasteiger partial charge in [0, 0.05) is 12.3 Å². The molecule has 0 atom stereocenters. The molecule has 0 amide bonds. The van der Waals surface area contributed by atoms with Gasteiger partial charge in [-0.1, -0.05) is 0 Å². The molecule has 1 rings (SSSR count). The van der Waals surface area contributed by atoms with Crippen molar-refractivity contribution in [2.75, 3.05) is 7.11 Å². The van der Waals surface area contributed by atoms with Crippen LogP contribution in [-0.2, 0) is 6.61 Å². The number of nitrogens with zero attached hydrogens (tertiary/aromatic N) is 1. The minimum absolute atomic E-state index is 0.0994. The number of aliphatic hydroxyl groups is 1. The van der Waals surface area contributed by atoms with Crippen LogP contribution in [-0.4, -0.2) is 17.2 Å². The average molecular weight is 138 g/mol. The van der Waals surface area contributed by atoms with Gasteiger partial charge >= 0.3 is 0 Å². The van der Waals surface area contributed by atoms with Gasteiger partial charge in [0.1, 0.15) is 11.4 Å². The first-order valence-corrected chi connectivity index (χ1v) is 2.88. The maximum Gasteiger partial charge on any atom is 0.143 e. The average Bonchev–Trinajstić information content (AvgIpc) is 2.04. The number of hydrogen-bond donors (Lipinski definition) is 1. The van der Waals surface area contributed by atoms with Crippen LogP contribution in [0.15, 0.2) is 12.3 Å². The number of pyridine rings is 1. The molecule has 0 aliphatic rings. The van der Waals surface area contributed by atoms with Crippen LogP contribution >= 0.6 is 0 Å². The van der Waals surface area contributed by atoms with Gasteiger partial charge in [0.2, 0.25) is 0 Å². The summed E-state index contributed by atoms with van der Waals surface area (Å²) in [6.45, 7) is -0.0994. The summed E-state index contributed by atoms with van der Waals surface area (Å²) in [7, 11) is 1.53. The van der Waals surface area contributed by atoms with Crippen LogP contribution in [0.3, 0.4) is 0 Å². The van der Waals surface area contributed by atoms with Gasteiger partial charge in [0.15, 0.2) is 0 Å². The van der Waals surface area contributed by atoms with Crippen LogP contribution in [0, 0.1) is 6.07 Å². The van der Waals surface area contributed by atoms with Crippen molar-refractivity contribution >= 4 is 0 Å². The smallest absolute Gasteiger partial charge is 0.143 e. The van der Waals surface area contributed by atoms with E-state index in [1.807, 2.05) is 0 Å². The predicted octanol–water partition coefficient (Wildman–Crippen LogP) is 0.383. The molecule has 0 fully saturated rings. The monoisotopic (exact) mass is 138 g/mol. The number of rotatable bonds is 2. The Bertz CT molecular complexity index is 190. The van der Waals surface area contributed by atoms with E-state index in [1.165, 1.54) is 13.3 Å². The molecular formula is C7H8NO2. The molecule has 3 nitrogen and oxygen atoms in total.